The maximum absolute atomic E-state index is 12.7. The molecule has 0 spiro atoms. The molecule has 1 saturated carbocycles. The fourth-order valence-electron chi connectivity index (χ4n) is 3.71. The average molecular weight is 460 g/mol. The van der Waals surface area contributed by atoms with Gasteiger partial charge in [0.2, 0.25) is 5.43 Å². The minimum absolute atomic E-state index is 0.169. The molecular weight excluding hydrogens is 434 g/mol. The van der Waals surface area contributed by atoms with Crippen LogP contribution in [0.4, 0.5) is 5.82 Å². The molecule has 3 aromatic rings. The van der Waals surface area contributed by atoms with Crippen LogP contribution < -0.4 is 10.7 Å². The van der Waals surface area contributed by atoms with Gasteiger partial charge < -0.3 is 15.0 Å². The van der Waals surface area contributed by atoms with Gasteiger partial charge in [-0.2, -0.15) is 8.42 Å². The molecule has 1 aliphatic rings. The van der Waals surface area contributed by atoms with Crippen LogP contribution >= 0.6 is 0 Å². The van der Waals surface area contributed by atoms with Crippen molar-refractivity contribution < 1.29 is 22.9 Å². The van der Waals surface area contributed by atoms with Crippen LogP contribution in [0.25, 0.3) is 22.0 Å². The quantitative estimate of drug-likeness (QED) is 0.505. The summed E-state index contributed by atoms with van der Waals surface area (Å²) >= 11 is 0. The van der Waals surface area contributed by atoms with Crippen LogP contribution in [-0.2, 0) is 10.1 Å². The largest absolute Gasteiger partial charge is 0.477 e. The van der Waals surface area contributed by atoms with Gasteiger partial charge in [-0.15, -0.1) is 0 Å². The van der Waals surface area contributed by atoms with Gasteiger partial charge in [0.1, 0.15) is 11.4 Å². The second-order valence-electron chi connectivity index (χ2n) is 7.82. The third-order valence-electron chi connectivity index (χ3n) is 5.24. The maximum Gasteiger partial charge on any atom is 0.341 e. The molecule has 2 aromatic heterocycles. The molecule has 32 heavy (non-hydrogen) atoms. The normalized spacial score (nSPS) is 13.4. The number of carboxylic acid groups (broad SMARTS) is 1. The van der Waals surface area contributed by atoms with Crippen molar-refractivity contribution in [3.63, 3.8) is 0 Å². The molecule has 4 rings (SSSR count). The topological polar surface area (TPSA) is 139 Å². The summed E-state index contributed by atoms with van der Waals surface area (Å²) in [6, 6.07) is 5.95. The Balaban J connectivity index is 0.000000523. The van der Waals surface area contributed by atoms with E-state index in [2.05, 4.69) is 16.4 Å². The third kappa shape index (κ3) is 4.97. The number of nitrogens with zero attached hydrogens (tertiary/aromatic N) is 2. The number of hydrogen-bond donors (Lipinski definition) is 3. The number of aromatic nitrogens is 2. The number of benzene rings is 1. The van der Waals surface area contributed by atoms with Crippen molar-refractivity contribution in [1.82, 2.24) is 9.55 Å². The first-order valence-corrected chi connectivity index (χ1v) is 11.8. The monoisotopic (exact) mass is 459 g/mol. The zero-order chi connectivity index (χ0) is 23.8. The van der Waals surface area contributed by atoms with Crippen LogP contribution in [0.5, 0.6) is 0 Å². The Bertz CT molecular complexity index is 1370. The lowest BCUT2D eigenvalue weighted by Crippen LogP contribution is -2.19. The summed E-state index contributed by atoms with van der Waals surface area (Å²) in [4.78, 5) is 28.7. The van der Waals surface area contributed by atoms with Gasteiger partial charge in [0.15, 0.2) is 0 Å². The lowest BCUT2D eigenvalue weighted by Gasteiger charge is -2.17. The number of fused-ring (bicyclic) bond motifs is 1. The molecule has 0 atom stereocenters. The van der Waals surface area contributed by atoms with E-state index in [4.69, 9.17) is 4.55 Å². The molecule has 0 unspecified atom stereocenters. The molecule has 0 saturated heterocycles. The molecule has 9 nitrogen and oxygen atoms in total. The second-order valence-corrected chi connectivity index (χ2v) is 9.29. The number of carboxylic acids is 1. The third-order valence-corrected chi connectivity index (χ3v) is 5.24. The number of aromatic carboxylic acids is 1. The van der Waals surface area contributed by atoms with Gasteiger partial charge in [0.05, 0.1) is 11.8 Å². The van der Waals surface area contributed by atoms with E-state index in [1.807, 2.05) is 37.7 Å². The lowest BCUT2D eigenvalue weighted by atomic mass is 9.97. The van der Waals surface area contributed by atoms with E-state index in [1.165, 1.54) is 6.20 Å². The van der Waals surface area contributed by atoms with Crippen molar-refractivity contribution in [2.45, 2.75) is 32.7 Å². The Morgan fingerprint density at radius 2 is 1.88 bits per heavy atom. The molecule has 0 aliphatic heterocycles. The highest BCUT2D eigenvalue weighted by atomic mass is 32.2. The number of hydrogen-bond acceptors (Lipinski definition) is 6. The van der Waals surface area contributed by atoms with Crippen LogP contribution in [0.2, 0.25) is 0 Å². The van der Waals surface area contributed by atoms with Crippen LogP contribution in [0, 0.1) is 13.8 Å². The molecule has 0 amide bonds. The van der Waals surface area contributed by atoms with E-state index >= 15 is 0 Å². The average Bonchev–Trinajstić information content (AvgIpc) is 3.52. The molecule has 170 valence electrons. The minimum Gasteiger partial charge on any atom is -0.477 e. The zero-order valence-corrected chi connectivity index (χ0v) is 19.0. The van der Waals surface area contributed by atoms with Crippen molar-refractivity contribution in [2.75, 3.05) is 18.6 Å². The van der Waals surface area contributed by atoms with Crippen LogP contribution in [-0.4, -0.2) is 46.9 Å². The van der Waals surface area contributed by atoms with Crippen molar-refractivity contribution >= 4 is 32.8 Å². The van der Waals surface area contributed by atoms with E-state index in [0.29, 0.717) is 11.6 Å². The van der Waals surface area contributed by atoms with Crippen molar-refractivity contribution in [2.24, 2.45) is 0 Å². The van der Waals surface area contributed by atoms with E-state index in [0.717, 1.165) is 46.4 Å². The molecular formula is C22H25N3O6S. The highest BCUT2D eigenvalue weighted by Crippen LogP contribution is 2.39. The maximum atomic E-state index is 12.7. The van der Waals surface area contributed by atoms with Crippen molar-refractivity contribution in [1.29, 1.82) is 0 Å². The van der Waals surface area contributed by atoms with E-state index < -0.39 is 21.5 Å². The highest BCUT2D eigenvalue weighted by Gasteiger charge is 2.28. The molecule has 1 aromatic carbocycles. The van der Waals surface area contributed by atoms with Crippen LogP contribution in [0.1, 0.15) is 40.4 Å². The minimum atomic E-state index is -3.67. The van der Waals surface area contributed by atoms with Gasteiger partial charge in [0, 0.05) is 36.4 Å². The number of carbonyl (C=O) groups is 1. The SMILES string of the molecule is CNc1ncc(-c2ccc3c(=O)c(C(=O)O)cn(C4CC4)c3c2C)cc1C.CS(=O)(=O)O. The van der Waals surface area contributed by atoms with Gasteiger partial charge in [-0.25, -0.2) is 9.78 Å². The van der Waals surface area contributed by atoms with Gasteiger partial charge in [-0.3, -0.25) is 9.35 Å². The Labute approximate surface area is 185 Å². The Morgan fingerprint density at radius 3 is 2.38 bits per heavy atom. The highest BCUT2D eigenvalue weighted by molar-refractivity contribution is 7.85. The van der Waals surface area contributed by atoms with E-state index in [9.17, 15) is 23.1 Å². The standard InChI is InChI=1S/C21H21N3O3.CH4O3S/c1-11-8-13(9-23-20(11)22-3)15-6-7-16-18(12(15)2)24(14-4-5-14)10-17(19(16)25)21(26)27;1-5(2,3)4/h6-10,14H,4-5H2,1-3H3,(H,22,23)(H,26,27);1H3,(H,2,3,4). The van der Waals surface area contributed by atoms with Gasteiger partial charge in [-0.1, -0.05) is 6.07 Å². The summed E-state index contributed by atoms with van der Waals surface area (Å²) in [5.74, 6) is -0.348. The summed E-state index contributed by atoms with van der Waals surface area (Å²) in [6.07, 6.45) is 6.04. The van der Waals surface area contributed by atoms with Gasteiger partial charge in [-0.05, 0) is 55.5 Å². The predicted octanol–water partition coefficient (Wildman–Crippen LogP) is 3.26. The number of pyridine rings is 2. The first kappa shape index (κ1) is 23.4. The Kier molecular flexibility index (Phi) is 6.38. The van der Waals surface area contributed by atoms with Gasteiger partial charge in [0.25, 0.3) is 10.1 Å². The predicted molar refractivity (Wildman–Crippen MR) is 123 cm³/mol. The first-order valence-electron chi connectivity index (χ1n) is 9.91. The van der Waals surface area contributed by atoms with E-state index in [1.54, 1.807) is 6.07 Å². The van der Waals surface area contributed by atoms with Crippen LogP contribution in [0.3, 0.4) is 0 Å². The smallest absolute Gasteiger partial charge is 0.341 e. The molecule has 2 heterocycles. The summed E-state index contributed by atoms with van der Waals surface area (Å²) in [6.45, 7) is 3.98. The lowest BCUT2D eigenvalue weighted by molar-refractivity contribution is 0.0694. The number of anilines is 1. The molecule has 1 fully saturated rings. The number of nitrogens with one attached hydrogen (secondary N) is 1. The summed E-state index contributed by atoms with van der Waals surface area (Å²) in [5.41, 5.74) is 4.20. The summed E-state index contributed by atoms with van der Waals surface area (Å²) in [7, 11) is -1.83. The van der Waals surface area contributed by atoms with E-state index in [-0.39, 0.29) is 11.6 Å². The molecule has 3 N–H and O–H groups in total. The fraction of sp³-hybridized carbons (Fsp3) is 0.318. The molecule has 0 bridgehead atoms. The Morgan fingerprint density at radius 1 is 1.25 bits per heavy atom. The van der Waals surface area contributed by atoms with Gasteiger partial charge >= 0.3 is 5.97 Å². The number of aryl methyl sites for hydroxylation is 2. The molecule has 0 radical (unpaired) electrons. The van der Waals surface area contributed by atoms with Crippen molar-refractivity contribution in [3.05, 3.63) is 57.5 Å². The molecule has 1 aliphatic carbocycles. The Hall–Kier alpha value is -3.24. The first-order chi connectivity index (χ1) is 14.9. The summed E-state index contributed by atoms with van der Waals surface area (Å²) in [5, 5.41) is 12.9. The van der Waals surface area contributed by atoms with Crippen molar-refractivity contribution in [3.8, 4) is 11.1 Å². The zero-order valence-electron chi connectivity index (χ0n) is 18.2. The number of rotatable bonds is 4. The molecule has 10 heteroatoms. The second kappa shape index (κ2) is 8.71. The summed E-state index contributed by atoms with van der Waals surface area (Å²) < 4.78 is 27.8. The fourth-order valence-corrected chi connectivity index (χ4v) is 3.71. The van der Waals surface area contributed by atoms with Crippen LogP contribution in [0.15, 0.2) is 35.4 Å².